The quantitative estimate of drug-likeness (QED) is 0.364. The maximum Gasteiger partial charge on any atom is 0.332 e. The number of aryl methyl sites for hydroxylation is 1. The zero-order valence-corrected chi connectivity index (χ0v) is 21.9. The molecule has 1 N–H and O–H groups in total. The summed E-state index contributed by atoms with van der Waals surface area (Å²) in [6.07, 6.45) is 3.15. The molecule has 0 radical (unpaired) electrons. The summed E-state index contributed by atoms with van der Waals surface area (Å²) in [6, 6.07) is 12.3. The van der Waals surface area contributed by atoms with Crippen LogP contribution >= 0.6 is 9.24 Å². The Morgan fingerprint density at radius 2 is 1.81 bits per heavy atom. The number of piperazine rings is 1. The lowest BCUT2D eigenvalue weighted by Crippen LogP contribution is -2.46. The largest absolute Gasteiger partial charge is 0.368 e. The third-order valence-corrected chi connectivity index (χ3v) is 7.00. The minimum Gasteiger partial charge on any atom is -0.368 e. The maximum absolute atomic E-state index is 12.7. The second-order valence-corrected chi connectivity index (χ2v) is 9.88. The van der Waals surface area contributed by atoms with Crippen LogP contribution in [0.15, 0.2) is 58.5 Å². The highest BCUT2D eigenvalue weighted by Gasteiger charge is 2.19. The van der Waals surface area contributed by atoms with Crippen molar-refractivity contribution >= 4 is 43.1 Å². The van der Waals surface area contributed by atoms with Crippen LogP contribution in [-0.2, 0) is 32.0 Å². The molecule has 1 aliphatic rings. The van der Waals surface area contributed by atoms with E-state index >= 15 is 0 Å². The molecule has 192 valence electrons. The summed E-state index contributed by atoms with van der Waals surface area (Å²) in [5, 5.41) is 3.97. The number of anilines is 2. The van der Waals surface area contributed by atoms with Crippen LogP contribution in [0.1, 0.15) is 5.56 Å². The number of fused-ring (bicyclic) bond motifs is 1. The first-order valence-electron chi connectivity index (χ1n) is 12.0. The molecular formula is C25H29N8O3P. The molecule has 0 bridgehead atoms. The number of carbonyl (C=O) groups is 1. The van der Waals surface area contributed by atoms with Crippen molar-refractivity contribution in [2.45, 2.75) is 13.1 Å². The van der Waals surface area contributed by atoms with Crippen molar-refractivity contribution < 1.29 is 4.79 Å². The first-order chi connectivity index (χ1) is 17.8. The van der Waals surface area contributed by atoms with Gasteiger partial charge >= 0.3 is 5.69 Å². The number of pyridine rings is 1. The molecule has 37 heavy (non-hydrogen) atoms. The second-order valence-electron chi connectivity index (χ2n) is 9.21. The summed E-state index contributed by atoms with van der Waals surface area (Å²) in [7, 11) is 5.68. The molecule has 1 amide bonds. The van der Waals surface area contributed by atoms with E-state index in [1.165, 1.54) is 40.4 Å². The van der Waals surface area contributed by atoms with Gasteiger partial charge in [0.15, 0.2) is 11.2 Å². The fourth-order valence-corrected chi connectivity index (χ4v) is 4.94. The van der Waals surface area contributed by atoms with Crippen LogP contribution in [-0.4, -0.2) is 60.7 Å². The van der Waals surface area contributed by atoms with E-state index in [0.717, 1.165) is 43.0 Å². The lowest BCUT2D eigenvalue weighted by atomic mass is 10.2. The number of nitrogens with one attached hydrogen (secondary N) is 1. The van der Waals surface area contributed by atoms with Crippen molar-refractivity contribution in [2.75, 3.05) is 36.4 Å². The van der Waals surface area contributed by atoms with E-state index in [1.807, 2.05) is 6.07 Å². The van der Waals surface area contributed by atoms with Crippen LogP contribution in [0.3, 0.4) is 0 Å². The molecular weight excluding hydrogens is 491 g/mol. The van der Waals surface area contributed by atoms with Gasteiger partial charge in [-0.1, -0.05) is 24.3 Å². The molecule has 4 heterocycles. The molecule has 1 unspecified atom stereocenters. The van der Waals surface area contributed by atoms with E-state index in [9.17, 15) is 14.4 Å². The van der Waals surface area contributed by atoms with Crippen molar-refractivity contribution in [3.05, 3.63) is 75.3 Å². The molecule has 0 saturated carbocycles. The van der Waals surface area contributed by atoms with Crippen LogP contribution in [0.5, 0.6) is 0 Å². The third-order valence-electron chi connectivity index (χ3n) is 6.64. The van der Waals surface area contributed by atoms with E-state index in [-0.39, 0.29) is 23.6 Å². The molecule has 0 aliphatic carbocycles. The molecule has 4 aromatic rings. The average molecular weight is 521 g/mol. The summed E-state index contributed by atoms with van der Waals surface area (Å²) in [5.41, 5.74) is 1.79. The highest BCUT2D eigenvalue weighted by molar-refractivity contribution is 7.27. The maximum atomic E-state index is 12.7. The molecule has 5 rings (SSSR count). The van der Waals surface area contributed by atoms with E-state index in [2.05, 4.69) is 58.6 Å². The van der Waals surface area contributed by atoms with Gasteiger partial charge in [0.25, 0.3) is 5.56 Å². The Bertz CT molecular complexity index is 1570. The van der Waals surface area contributed by atoms with Gasteiger partial charge in [0, 0.05) is 46.8 Å². The highest BCUT2D eigenvalue weighted by atomic mass is 31.0. The SMILES string of the molecule is Cn1c(=O)c2c(ncn2CC(=O)Nc2ccc(N3CCN(Cc4cccc(P)c4)CC3)cn2)n(C)c1=O. The second kappa shape index (κ2) is 10.3. The molecule has 1 aliphatic heterocycles. The monoisotopic (exact) mass is 520 g/mol. The van der Waals surface area contributed by atoms with Gasteiger partial charge in [-0.05, 0) is 23.0 Å². The number of rotatable bonds is 6. The predicted octanol–water partition coefficient (Wildman–Crippen LogP) is 0.290. The molecule has 1 saturated heterocycles. The van der Waals surface area contributed by atoms with Crippen molar-refractivity contribution in [1.29, 1.82) is 0 Å². The van der Waals surface area contributed by atoms with Gasteiger partial charge in [-0.3, -0.25) is 23.6 Å². The Labute approximate surface area is 215 Å². The zero-order chi connectivity index (χ0) is 26.1. The summed E-state index contributed by atoms with van der Waals surface area (Å²) < 4.78 is 3.73. The van der Waals surface area contributed by atoms with Crippen molar-refractivity contribution in [1.82, 2.24) is 28.6 Å². The van der Waals surface area contributed by atoms with E-state index in [1.54, 1.807) is 12.3 Å². The fourth-order valence-electron chi connectivity index (χ4n) is 4.61. The van der Waals surface area contributed by atoms with Crippen molar-refractivity contribution in [3.8, 4) is 0 Å². The lowest BCUT2D eigenvalue weighted by Gasteiger charge is -2.36. The van der Waals surface area contributed by atoms with E-state index in [4.69, 9.17) is 0 Å². The van der Waals surface area contributed by atoms with E-state index in [0.29, 0.717) is 5.82 Å². The van der Waals surface area contributed by atoms with Crippen molar-refractivity contribution in [3.63, 3.8) is 0 Å². The topological polar surface area (TPSA) is 110 Å². The minimum atomic E-state index is -0.496. The number of carbonyl (C=O) groups excluding carboxylic acids is 1. The molecule has 1 atom stereocenters. The summed E-state index contributed by atoms with van der Waals surface area (Å²) in [6.45, 7) is 4.54. The molecule has 0 spiro atoms. The summed E-state index contributed by atoms with van der Waals surface area (Å²) in [5.74, 6) is 0.0769. The number of hydrogen-bond donors (Lipinski definition) is 1. The molecule has 12 heteroatoms. The van der Waals surface area contributed by atoms with Gasteiger partial charge in [0.1, 0.15) is 12.4 Å². The Balaban J connectivity index is 1.18. The predicted molar refractivity (Wildman–Crippen MR) is 146 cm³/mol. The number of nitrogens with zero attached hydrogens (tertiary/aromatic N) is 7. The van der Waals surface area contributed by atoms with Crippen molar-refractivity contribution in [2.24, 2.45) is 14.1 Å². The van der Waals surface area contributed by atoms with Gasteiger partial charge in [-0.15, -0.1) is 9.24 Å². The fraction of sp³-hybridized carbons (Fsp3) is 0.320. The van der Waals surface area contributed by atoms with Crippen LogP contribution in [0, 0.1) is 0 Å². The van der Waals surface area contributed by atoms with Crippen LogP contribution in [0.4, 0.5) is 11.5 Å². The molecule has 3 aromatic heterocycles. The average Bonchev–Trinajstić information content (AvgIpc) is 3.30. The number of benzene rings is 1. The van der Waals surface area contributed by atoms with Crippen LogP contribution in [0.25, 0.3) is 11.2 Å². The smallest absolute Gasteiger partial charge is 0.332 e. The Hall–Kier alpha value is -3.82. The Morgan fingerprint density at radius 1 is 1.03 bits per heavy atom. The summed E-state index contributed by atoms with van der Waals surface area (Å²) >= 11 is 0. The Morgan fingerprint density at radius 3 is 2.51 bits per heavy atom. The Kier molecular flexibility index (Phi) is 6.90. The van der Waals surface area contributed by atoms with Crippen LogP contribution < -0.4 is 26.8 Å². The highest BCUT2D eigenvalue weighted by Crippen LogP contribution is 2.18. The molecule has 1 fully saturated rings. The minimum absolute atomic E-state index is 0.130. The van der Waals surface area contributed by atoms with Gasteiger partial charge in [0.2, 0.25) is 5.91 Å². The molecule has 1 aromatic carbocycles. The number of aromatic nitrogens is 5. The van der Waals surface area contributed by atoms with Gasteiger partial charge in [0.05, 0.1) is 18.2 Å². The number of amides is 1. The molecule has 11 nitrogen and oxygen atoms in total. The zero-order valence-electron chi connectivity index (χ0n) is 20.8. The lowest BCUT2D eigenvalue weighted by molar-refractivity contribution is -0.116. The number of hydrogen-bond acceptors (Lipinski definition) is 7. The van der Waals surface area contributed by atoms with Crippen LogP contribution in [0.2, 0.25) is 0 Å². The first kappa shape index (κ1) is 24.9. The van der Waals surface area contributed by atoms with E-state index < -0.39 is 11.2 Å². The summed E-state index contributed by atoms with van der Waals surface area (Å²) in [4.78, 5) is 50.6. The van der Waals surface area contributed by atoms with Gasteiger partial charge < -0.3 is 14.8 Å². The first-order valence-corrected chi connectivity index (χ1v) is 12.6. The standard InChI is InChI=1S/C25H29N8O3P/c1-29-23-22(24(35)30(2)25(29)36)33(16-27-23)15-21(34)28-20-7-6-18(13-26-20)32-10-8-31(9-11-32)14-17-4-3-5-19(37)12-17/h3-7,12-13,16H,8-11,14-15,37H2,1-2H3,(H,26,28,34). The normalized spacial score (nSPS) is 14.3. The van der Waals surface area contributed by atoms with Gasteiger partial charge in [-0.25, -0.2) is 14.8 Å². The third kappa shape index (κ3) is 5.19. The number of imidazole rings is 1. The van der Waals surface area contributed by atoms with Gasteiger partial charge in [-0.2, -0.15) is 0 Å².